The zero-order valence-corrected chi connectivity index (χ0v) is 38.4. The largest absolute Gasteiger partial charge is 0.479 e. The van der Waals surface area contributed by atoms with Gasteiger partial charge in [0.15, 0.2) is 23.5 Å². The van der Waals surface area contributed by atoms with Crippen LogP contribution in [0.2, 0.25) is 10.0 Å². The number of aliphatic carboxylic acids is 2. The van der Waals surface area contributed by atoms with Gasteiger partial charge >= 0.3 is 17.6 Å². The molecule has 0 saturated heterocycles. The number of nitrogens with zero attached hydrogens (tertiary/aromatic N) is 6. The number of ether oxygens (including phenoxy) is 2. The molecule has 0 fully saturated rings. The molecule has 2 N–H and O–H groups in total. The lowest BCUT2D eigenvalue weighted by Crippen LogP contribution is -2.40. The first kappa shape index (κ1) is 45.1. The molecular weight excluding hydrogens is 870 g/mol. The van der Waals surface area contributed by atoms with E-state index in [-0.39, 0.29) is 0 Å². The summed E-state index contributed by atoms with van der Waals surface area (Å²) in [6.07, 6.45) is -2.92. The number of aryl methyl sites for hydroxylation is 1. The lowest BCUT2D eigenvalue weighted by Gasteiger charge is -2.27. The number of carbonyl (C=O) groups is 2. The summed E-state index contributed by atoms with van der Waals surface area (Å²) in [6.45, 7) is 14.2. The summed E-state index contributed by atoms with van der Waals surface area (Å²) in [6, 6.07) is 31.4. The third-order valence-corrected chi connectivity index (χ3v) is 11.1. The molecule has 0 amide bonds. The van der Waals surface area contributed by atoms with Gasteiger partial charge in [-0.2, -0.15) is 9.67 Å². The molecule has 0 saturated carbocycles. The Labute approximate surface area is 384 Å². The molecule has 0 aliphatic rings. The zero-order chi connectivity index (χ0) is 46.7. The highest BCUT2D eigenvalue weighted by molar-refractivity contribution is 6.31. The van der Waals surface area contributed by atoms with Gasteiger partial charge in [-0.05, 0) is 128 Å². The van der Waals surface area contributed by atoms with Crippen LogP contribution in [0.3, 0.4) is 0 Å². The van der Waals surface area contributed by atoms with Crippen LogP contribution in [0.4, 0.5) is 4.39 Å². The summed E-state index contributed by atoms with van der Waals surface area (Å²) in [5.74, 6) is -2.90. The van der Waals surface area contributed by atoms with E-state index < -0.39 is 41.2 Å². The van der Waals surface area contributed by atoms with Crippen LogP contribution in [0.5, 0.6) is 0 Å². The van der Waals surface area contributed by atoms with Gasteiger partial charge in [-0.1, -0.05) is 57.1 Å². The molecule has 0 radical (unpaired) electrons. The van der Waals surface area contributed by atoms with Gasteiger partial charge in [0.05, 0.1) is 34.2 Å². The molecule has 2 atom stereocenters. The number of carboxylic acids is 2. The van der Waals surface area contributed by atoms with E-state index in [9.17, 15) is 24.2 Å². The van der Waals surface area contributed by atoms with Crippen LogP contribution >= 0.6 is 23.2 Å². The highest BCUT2D eigenvalue weighted by Gasteiger charge is 2.39. The number of carboxylic acid groups (broad SMARTS) is 2. The van der Waals surface area contributed by atoms with Gasteiger partial charge in [0, 0.05) is 49.6 Å². The van der Waals surface area contributed by atoms with Crippen molar-refractivity contribution in [3.05, 3.63) is 148 Å². The van der Waals surface area contributed by atoms with E-state index in [4.69, 9.17) is 47.9 Å². The van der Waals surface area contributed by atoms with Crippen molar-refractivity contribution < 1.29 is 38.2 Å². The SMILES string of the molecule is Cc1nc2cc(-c3cccc(Cl)c3)nn2c(-c2ccc(-[n+]3c(C)c(C(OC(C)(C)C)C(=O)O)c(-c4ccc(F)cc4)n4nc(-c5cccc(Cl)c5)cc43)cc2)c1C(OC(C)(C)C)C(=O)O. The molecule has 12 nitrogen and oxygen atoms in total. The second-order valence-electron chi connectivity index (χ2n) is 17.7. The first-order chi connectivity index (χ1) is 30.7. The van der Waals surface area contributed by atoms with Crippen molar-refractivity contribution in [2.45, 2.75) is 78.8 Å². The van der Waals surface area contributed by atoms with E-state index in [1.165, 1.54) is 12.1 Å². The van der Waals surface area contributed by atoms with Crippen LogP contribution in [0, 0.1) is 19.7 Å². The molecule has 2 unspecified atom stereocenters. The number of halogens is 3. The average Bonchev–Trinajstić information content (AvgIpc) is 3.86. The first-order valence-corrected chi connectivity index (χ1v) is 21.5. The molecule has 8 aromatic rings. The number of aromatic nitrogens is 6. The summed E-state index contributed by atoms with van der Waals surface area (Å²) < 4.78 is 32.2. The predicted octanol–water partition coefficient (Wildman–Crippen LogP) is 11.3. The van der Waals surface area contributed by atoms with Gasteiger partial charge < -0.3 is 19.7 Å². The Kier molecular flexibility index (Phi) is 11.9. The zero-order valence-electron chi connectivity index (χ0n) is 36.9. The maximum atomic E-state index is 14.5. The second kappa shape index (κ2) is 17.1. The third-order valence-electron chi connectivity index (χ3n) is 10.6. The van der Waals surface area contributed by atoms with Crippen molar-refractivity contribution in [3.8, 4) is 50.7 Å². The molecular formula is C50H46Cl2FN6O6+. The summed E-state index contributed by atoms with van der Waals surface area (Å²) >= 11 is 12.8. The van der Waals surface area contributed by atoms with E-state index in [2.05, 4.69) is 0 Å². The molecule has 4 heterocycles. The Hall–Kier alpha value is -6.51. The van der Waals surface area contributed by atoms with Crippen LogP contribution in [-0.2, 0) is 19.1 Å². The summed E-state index contributed by atoms with van der Waals surface area (Å²) in [4.78, 5) is 31.3. The molecule has 332 valence electrons. The standard InChI is InChI=1S/C50H45Cl2FN6O6/c1-27-41(45(47(60)61)64-49(3,4)5)43(58-39(54-27)25-37(55-58)31-11-9-13-33(51)23-31)30-17-21-36(22-18-30)57-28(2)42(46(48(62)63)65-50(6,7)8)44(29-15-19-35(53)20-16-29)59-40(57)26-38(56-59)32-12-10-14-34(52)24-32/h9-26,45-46H,1-8H3,(H-,60,61,62,63)/p+1. The van der Waals surface area contributed by atoms with Gasteiger partial charge in [-0.3, -0.25) is 0 Å². The van der Waals surface area contributed by atoms with Gasteiger partial charge in [0.25, 0.3) is 0 Å². The van der Waals surface area contributed by atoms with Crippen LogP contribution < -0.4 is 4.57 Å². The van der Waals surface area contributed by atoms with Crippen LogP contribution in [0.1, 0.15) is 76.3 Å². The van der Waals surface area contributed by atoms with Crippen molar-refractivity contribution in [2.24, 2.45) is 0 Å². The fourth-order valence-corrected chi connectivity index (χ4v) is 8.42. The summed E-state index contributed by atoms with van der Waals surface area (Å²) in [5.41, 5.74) is 5.90. The van der Waals surface area contributed by atoms with Crippen molar-refractivity contribution in [3.63, 3.8) is 0 Å². The molecule has 65 heavy (non-hydrogen) atoms. The van der Waals surface area contributed by atoms with Gasteiger partial charge in [-0.15, -0.1) is 0 Å². The molecule has 4 aromatic heterocycles. The van der Waals surface area contributed by atoms with Gasteiger partial charge in [-0.25, -0.2) is 23.5 Å². The molecule has 15 heteroatoms. The monoisotopic (exact) mass is 915 g/mol. The molecule has 0 bridgehead atoms. The van der Waals surface area contributed by atoms with Crippen LogP contribution in [0.25, 0.3) is 62.0 Å². The van der Waals surface area contributed by atoms with E-state index in [1.54, 1.807) is 101 Å². The Morgan fingerprint density at radius 3 is 1.63 bits per heavy atom. The topological polar surface area (TPSA) is 144 Å². The molecule has 0 spiro atoms. The first-order valence-electron chi connectivity index (χ1n) is 20.8. The minimum absolute atomic E-state index is 0.291. The lowest BCUT2D eigenvalue weighted by molar-refractivity contribution is -0.579. The quantitative estimate of drug-likeness (QED) is 0.121. The second-order valence-corrected chi connectivity index (χ2v) is 18.6. The predicted molar refractivity (Wildman–Crippen MR) is 247 cm³/mol. The van der Waals surface area contributed by atoms with E-state index in [1.807, 2.05) is 65.2 Å². The minimum atomic E-state index is -1.50. The van der Waals surface area contributed by atoms with E-state index in [0.29, 0.717) is 89.0 Å². The van der Waals surface area contributed by atoms with Crippen LogP contribution in [0.15, 0.2) is 109 Å². The van der Waals surface area contributed by atoms with Gasteiger partial charge in [0.2, 0.25) is 0 Å². The fourth-order valence-electron chi connectivity index (χ4n) is 8.04. The smallest absolute Gasteiger partial charge is 0.337 e. The Balaban J connectivity index is 1.42. The Morgan fingerprint density at radius 2 is 1.12 bits per heavy atom. The number of hydrogen-bond donors (Lipinski definition) is 2. The van der Waals surface area contributed by atoms with E-state index in [0.717, 1.165) is 5.56 Å². The fraction of sp³-hybridized carbons (Fsp3) is 0.240. The highest BCUT2D eigenvalue weighted by Crippen LogP contribution is 2.39. The lowest BCUT2D eigenvalue weighted by atomic mass is 9.97. The summed E-state index contributed by atoms with van der Waals surface area (Å²) in [5, 5.41) is 32.7. The molecule has 0 aliphatic heterocycles. The normalized spacial score (nSPS) is 13.1. The number of benzene rings is 4. The third kappa shape index (κ3) is 9.10. The molecule has 0 aliphatic carbocycles. The van der Waals surface area contributed by atoms with Gasteiger partial charge in [0.1, 0.15) is 22.9 Å². The maximum Gasteiger partial charge on any atom is 0.337 e. The number of rotatable bonds is 11. The van der Waals surface area contributed by atoms with E-state index >= 15 is 0 Å². The minimum Gasteiger partial charge on any atom is -0.479 e. The maximum absolute atomic E-state index is 14.5. The van der Waals surface area contributed by atoms with Crippen LogP contribution in [-0.4, -0.2) is 57.6 Å². The van der Waals surface area contributed by atoms with Crippen molar-refractivity contribution in [1.82, 2.24) is 24.2 Å². The molecule has 8 rings (SSSR count). The molecule has 4 aromatic carbocycles. The highest BCUT2D eigenvalue weighted by atomic mass is 35.5. The van der Waals surface area contributed by atoms with Crippen molar-refractivity contribution >= 4 is 46.4 Å². The average molecular weight is 917 g/mol. The number of hydrogen-bond acceptors (Lipinski definition) is 7. The van der Waals surface area contributed by atoms with Crippen molar-refractivity contribution in [2.75, 3.05) is 0 Å². The Morgan fingerprint density at radius 1 is 0.646 bits per heavy atom. The summed E-state index contributed by atoms with van der Waals surface area (Å²) in [7, 11) is 0. The number of fused-ring (bicyclic) bond motifs is 2. The Bertz CT molecular complexity index is 3150. The van der Waals surface area contributed by atoms with Crippen molar-refractivity contribution in [1.29, 1.82) is 0 Å².